The Labute approximate surface area is 206 Å². The maximum Gasteiger partial charge on any atom is 0.338 e. The standard InChI is InChI=1S/C26H31N3O5S/c1-4-6-10-29(11-7-5-2)19-9-8-17-14-23-22(13-18(17)12-19)28-25-21(26(30)31)15-20(16-24(25)34-23)35(32,33)27-3/h8-9,12-16,27-28H,4-7,10-11H2,1-3H3,(H,30,31). The molecule has 0 aromatic heterocycles. The Kier molecular flexibility index (Phi) is 7.18. The number of hydrogen-bond donors (Lipinski definition) is 3. The van der Waals surface area contributed by atoms with Crippen LogP contribution in [-0.2, 0) is 10.0 Å². The maximum absolute atomic E-state index is 12.3. The molecule has 0 fully saturated rings. The zero-order chi connectivity index (χ0) is 25.2. The first-order chi connectivity index (χ1) is 16.8. The second kappa shape index (κ2) is 10.1. The molecule has 3 N–H and O–H groups in total. The number of anilines is 3. The molecule has 0 aliphatic carbocycles. The highest BCUT2D eigenvalue weighted by Crippen LogP contribution is 2.46. The van der Waals surface area contributed by atoms with Crippen molar-refractivity contribution < 1.29 is 23.1 Å². The fourth-order valence-electron chi connectivity index (χ4n) is 4.21. The topological polar surface area (TPSA) is 108 Å². The molecule has 3 aromatic rings. The van der Waals surface area contributed by atoms with Gasteiger partial charge in [0.05, 0.1) is 21.8 Å². The quantitative estimate of drug-likeness (QED) is 0.258. The molecule has 0 unspecified atom stereocenters. The zero-order valence-electron chi connectivity index (χ0n) is 20.2. The number of rotatable bonds is 10. The van der Waals surface area contributed by atoms with Crippen LogP contribution in [0.1, 0.15) is 49.9 Å². The van der Waals surface area contributed by atoms with Gasteiger partial charge in [0.2, 0.25) is 10.0 Å². The van der Waals surface area contributed by atoms with E-state index in [-0.39, 0.29) is 21.9 Å². The van der Waals surface area contributed by atoms with Crippen molar-refractivity contribution >= 4 is 43.8 Å². The molecule has 1 heterocycles. The first-order valence-electron chi connectivity index (χ1n) is 11.9. The molecule has 0 amide bonds. The molecule has 0 atom stereocenters. The van der Waals surface area contributed by atoms with Crippen molar-refractivity contribution in [2.75, 3.05) is 30.4 Å². The summed E-state index contributed by atoms with van der Waals surface area (Å²) in [7, 11) is -2.58. The normalized spacial score (nSPS) is 12.4. The Morgan fingerprint density at radius 2 is 1.71 bits per heavy atom. The summed E-state index contributed by atoms with van der Waals surface area (Å²) in [6.45, 7) is 6.39. The van der Waals surface area contributed by atoms with Gasteiger partial charge in [0.25, 0.3) is 0 Å². The highest BCUT2D eigenvalue weighted by Gasteiger charge is 2.27. The molecule has 3 aromatic carbocycles. The molecule has 186 valence electrons. The van der Waals surface area contributed by atoms with Gasteiger partial charge >= 0.3 is 5.97 Å². The number of aromatic carboxylic acids is 1. The lowest BCUT2D eigenvalue weighted by atomic mass is 10.0. The number of carboxylic acid groups (broad SMARTS) is 1. The Morgan fingerprint density at radius 3 is 2.34 bits per heavy atom. The first kappa shape index (κ1) is 24.8. The lowest BCUT2D eigenvalue weighted by Gasteiger charge is -2.26. The first-order valence-corrected chi connectivity index (χ1v) is 13.4. The second-order valence-corrected chi connectivity index (χ2v) is 10.5. The Hall–Kier alpha value is -3.30. The third-order valence-electron chi connectivity index (χ3n) is 6.22. The van der Waals surface area contributed by atoms with Crippen LogP contribution in [0.25, 0.3) is 10.8 Å². The summed E-state index contributed by atoms with van der Waals surface area (Å²) < 4.78 is 32.9. The van der Waals surface area contributed by atoms with Crippen LogP contribution in [0, 0.1) is 0 Å². The fourth-order valence-corrected chi connectivity index (χ4v) is 4.98. The van der Waals surface area contributed by atoms with Crippen LogP contribution in [0.2, 0.25) is 0 Å². The summed E-state index contributed by atoms with van der Waals surface area (Å²) in [5.74, 6) is -0.603. The highest BCUT2D eigenvalue weighted by molar-refractivity contribution is 7.89. The SMILES string of the molecule is CCCCN(CCCC)c1ccc2cc3c(cc2c1)Nc1c(cc(S(=O)(=O)NC)cc1C(=O)O)O3. The van der Waals surface area contributed by atoms with Crippen molar-refractivity contribution in [3.63, 3.8) is 0 Å². The third-order valence-corrected chi connectivity index (χ3v) is 7.61. The van der Waals surface area contributed by atoms with Crippen LogP contribution < -0.4 is 19.7 Å². The Morgan fingerprint density at radius 1 is 1.00 bits per heavy atom. The molecule has 0 radical (unpaired) electrons. The lowest BCUT2D eigenvalue weighted by molar-refractivity contribution is 0.0697. The molecule has 0 saturated heterocycles. The number of nitrogens with zero attached hydrogens (tertiary/aromatic N) is 1. The van der Waals surface area contributed by atoms with Gasteiger partial charge in [-0.15, -0.1) is 0 Å². The number of fused-ring (bicyclic) bond motifs is 3. The molecule has 8 nitrogen and oxygen atoms in total. The largest absolute Gasteiger partial charge is 0.478 e. The molecule has 0 saturated carbocycles. The molecule has 1 aliphatic heterocycles. The molecule has 9 heteroatoms. The Balaban J connectivity index is 1.74. The summed E-state index contributed by atoms with van der Waals surface area (Å²) >= 11 is 0. The molecule has 35 heavy (non-hydrogen) atoms. The zero-order valence-corrected chi connectivity index (χ0v) is 21.0. The smallest absolute Gasteiger partial charge is 0.338 e. The van der Waals surface area contributed by atoms with Crippen molar-refractivity contribution in [2.24, 2.45) is 0 Å². The number of hydrogen-bond acceptors (Lipinski definition) is 6. The summed E-state index contributed by atoms with van der Waals surface area (Å²) in [4.78, 5) is 14.2. The van der Waals surface area contributed by atoms with Crippen molar-refractivity contribution in [2.45, 2.75) is 44.4 Å². The van der Waals surface area contributed by atoms with Crippen LogP contribution in [0.15, 0.2) is 47.4 Å². The van der Waals surface area contributed by atoms with E-state index in [0.29, 0.717) is 11.4 Å². The van der Waals surface area contributed by atoms with Gasteiger partial charge in [-0.1, -0.05) is 32.8 Å². The summed E-state index contributed by atoms with van der Waals surface area (Å²) in [5.41, 5.74) is 1.83. The van der Waals surface area contributed by atoms with E-state index in [1.54, 1.807) is 0 Å². The van der Waals surface area contributed by atoms with Gasteiger partial charge in [-0.25, -0.2) is 17.9 Å². The van der Waals surface area contributed by atoms with Crippen molar-refractivity contribution in [1.82, 2.24) is 4.72 Å². The van der Waals surface area contributed by atoms with Crippen molar-refractivity contribution in [3.8, 4) is 11.5 Å². The van der Waals surface area contributed by atoms with E-state index in [1.165, 1.54) is 13.1 Å². The Bertz CT molecular complexity index is 1360. The van der Waals surface area contributed by atoms with Crippen molar-refractivity contribution in [1.29, 1.82) is 0 Å². The van der Waals surface area contributed by atoms with Crippen LogP contribution in [-0.4, -0.2) is 39.6 Å². The number of carboxylic acids is 1. The summed E-state index contributed by atoms with van der Waals surface area (Å²) in [6, 6.07) is 12.6. The average molecular weight is 498 g/mol. The van der Waals surface area contributed by atoms with Gasteiger partial charge in [-0.3, -0.25) is 0 Å². The van der Waals surface area contributed by atoms with E-state index in [2.05, 4.69) is 47.0 Å². The van der Waals surface area contributed by atoms with Gasteiger partial charge in [0.15, 0.2) is 11.5 Å². The molecule has 1 aliphatic rings. The minimum atomic E-state index is -3.85. The number of sulfonamides is 1. The number of carbonyl (C=O) groups is 1. The predicted molar refractivity (Wildman–Crippen MR) is 139 cm³/mol. The van der Waals surface area contributed by atoms with E-state index in [0.717, 1.165) is 61.3 Å². The van der Waals surface area contributed by atoms with Gasteiger partial charge in [-0.05, 0) is 61.0 Å². The predicted octanol–water partition coefficient (Wildman–Crippen LogP) is 5.70. The fraction of sp³-hybridized carbons (Fsp3) is 0.346. The molecule has 0 bridgehead atoms. The molecular formula is C26H31N3O5S. The minimum Gasteiger partial charge on any atom is -0.478 e. The molecule has 0 spiro atoms. The maximum atomic E-state index is 12.3. The lowest BCUT2D eigenvalue weighted by Crippen LogP contribution is -2.25. The highest BCUT2D eigenvalue weighted by atomic mass is 32.2. The van der Waals surface area contributed by atoms with Gasteiger partial charge in [-0.2, -0.15) is 0 Å². The van der Waals surface area contributed by atoms with Gasteiger partial charge in [0, 0.05) is 24.8 Å². The average Bonchev–Trinajstić information content (AvgIpc) is 2.85. The minimum absolute atomic E-state index is 0.146. The van der Waals surface area contributed by atoms with Crippen molar-refractivity contribution in [3.05, 3.63) is 48.0 Å². The summed E-state index contributed by atoms with van der Waals surface area (Å²) in [6.07, 6.45) is 4.52. The van der Waals surface area contributed by atoms with Crippen LogP contribution in [0.4, 0.5) is 17.1 Å². The number of benzene rings is 3. The van der Waals surface area contributed by atoms with Crippen LogP contribution in [0.3, 0.4) is 0 Å². The van der Waals surface area contributed by atoms with Gasteiger partial charge in [0.1, 0.15) is 0 Å². The summed E-state index contributed by atoms with van der Waals surface area (Å²) in [5, 5.41) is 14.9. The number of ether oxygens (including phenoxy) is 1. The van der Waals surface area contributed by atoms with Gasteiger partial charge < -0.3 is 20.1 Å². The molecular weight excluding hydrogens is 466 g/mol. The molecule has 4 rings (SSSR count). The second-order valence-electron chi connectivity index (χ2n) is 8.66. The van der Waals surface area contributed by atoms with E-state index in [4.69, 9.17) is 4.74 Å². The number of nitrogens with one attached hydrogen (secondary N) is 2. The van der Waals surface area contributed by atoms with Crippen LogP contribution >= 0.6 is 0 Å². The van der Waals surface area contributed by atoms with Crippen LogP contribution in [0.5, 0.6) is 11.5 Å². The van der Waals surface area contributed by atoms with E-state index >= 15 is 0 Å². The van der Waals surface area contributed by atoms with E-state index in [9.17, 15) is 18.3 Å². The van der Waals surface area contributed by atoms with E-state index in [1.807, 2.05) is 12.1 Å². The number of unbranched alkanes of at least 4 members (excludes halogenated alkanes) is 2. The third kappa shape index (κ3) is 5.06. The van der Waals surface area contributed by atoms with E-state index < -0.39 is 16.0 Å². The monoisotopic (exact) mass is 497 g/mol.